The van der Waals surface area contributed by atoms with Crippen LogP contribution in [0.3, 0.4) is 0 Å². The van der Waals surface area contributed by atoms with E-state index in [1.807, 2.05) is 6.08 Å². The number of carbonyl (C=O) groups is 1. The first kappa shape index (κ1) is 51.6. The fraction of sp³-hybridized carbons (Fsp3) is 0.878. The van der Waals surface area contributed by atoms with Crippen LogP contribution in [0.2, 0.25) is 0 Å². The van der Waals surface area contributed by atoms with Gasteiger partial charge in [0.25, 0.3) is 0 Å². The highest BCUT2D eigenvalue weighted by Crippen LogP contribution is 2.26. The number of aliphatic hydroxyl groups excluding tert-OH is 5. The molecule has 8 unspecified atom stereocenters. The molecule has 0 saturated carbocycles. The lowest BCUT2D eigenvalue weighted by Gasteiger charge is -2.41. The van der Waals surface area contributed by atoms with Crippen molar-refractivity contribution in [1.29, 1.82) is 0 Å². The molecule has 0 aromatic rings. The van der Waals surface area contributed by atoms with E-state index in [0.717, 1.165) is 51.4 Å². The van der Waals surface area contributed by atoms with Crippen LogP contribution in [0, 0.1) is 0 Å². The van der Waals surface area contributed by atoms with Gasteiger partial charge in [-0.15, -0.1) is 0 Å². The van der Waals surface area contributed by atoms with E-state index in [1.54, 1.807) is 0 Å². The van der Waals surface area contributed by atoms with Gasteiger partial charge < -0.3 is 40.3 Å². The van der Waals surface area contributed by atoms with Gasteiger partial charge in [0.2, 0.25) is 5.91 Å². The van der Waals surface area contributed by atoms with Crippen molar-refractivity contribution < 1.29 is 57.0 Å². The first-order chi connectivity index (χ1) is 26.4. The van der Waals surface area contributed by atoms with Gasteiger partial charge in [0.15, 0.2) is 6.29 Å². The summed E-state index contributed by atoms with van der Waals surface area (Å²) < 4.78 is 47.4. The lowest BCUT2D eigenvalue weighted by molar-refractivity contribution is -0.298. The van der Waals surface area contributed by atoms with Crippen molar-refractivity contribution in [2.45, 2.75) is 217 Å². The van der Waals surface area contributed by atoms with Crippen molar-refractivity contribution in [1.82, 2.24) is 5.32 Å². The third kappa shape index (κ3) is 25.5. The normalized spacial score (nSPS) is 22.4. The standard InChI is InChI=1S/C41H77NO12S/c1-3-5-7-9-11-13-15-16-17-18-20-21-23-25-27-29-34(44)33(32-52-41-38(47)39(54-55(49,50)51)37(46)36(31-43)53-41)42-40(48)35(45)30-28-26-24-22-19-14-12-10-8-6-4-2/h12,14,27,29,33-39,41,43-47H,3-11,13,15-26,28,30-32H2,1-2H3,(H,42,48)(H,49,50,51)/b14-12-,29-27+. The van der Waals surface area contributed by atoms with Crippen molar-refractivity contribution >= 4 is 16.3 Å². The van der Waals surface area contributed by atoms with Gasteiger partial charge in [-0.25, -0.2) is 4.18 Å². The number of ether oxygens (including phenoxy) is 2. The maximum absolute atomic E-state index is 13.0. The summed E-state index contributed by atoms with van der Waals surface area (Å²) >= 11 is 0. The number of rotatable bonds is 35. The van der Waals surface area contributed by atoms with Crippen LogP contribution in [0.1, 0.15) is 168 Å². The second-order valence-corrected chi connectivity index (χ2v) is 16.1. The molecule has 55 heavy (non-hydrogen) atoms. The quantitative estimate of drug-likeness (QED) is 0.0212. The topological polar surface area (TPSA) is 212 Å². The Morgan fingerprint density at radius 3 is 1.73 bits per heavy atom. The summed E-state index contributed by atoms with van der Waals surface area (Å²) in [4.78, 5) is 13.0. The summed E-state index contributed by atoms with van der Waals surface area (Å²) in [6.45, 7) is 3.15. The highest BCUT2D eigenvalue weighted by atomic mass is 32.3. The van der Waals surface area contributed by atoms with Crippen LogP contribution >= 0.6 is 0 Å². The van der Waals surface area contributed by atoms with Gasteiger partial charge in [0.1, 0.15) is 30.5 Å². The van der Waals surface area contributed by atoms with Gasteiger partial charge in [0.05, 0.1) is 25.4 Å². The molecule has 0 radical (unpaired) electrons. The van der Waals surface area contributed by atoms with E-state index in [1.165, 1.54) is 89.5 Å². The molecular weight excluding hydrogens is 731 g/mol. The lowest BCUT2D eigenvalue weighted by atomic mass is 9.99. The monoisotopic (exact) mass is 808 g/mol. The smallest absolute Gasteiger partial charge is 0.394 e. The Balaban J connectivity index is 2.66. The highest BCUT2D eigenvalue weighted by Gasteiger charge is 2.48. The second kappa shape index (κ2) is 32.5. The molecule has 8 atom stereocenters. The Morgan fingerprint density at radius 2 is 1.20 bits per heavy atom. The fourth-order valence-electron chi connectivity index (χ4n) is 6.63. The zero-order valence-electron chi connectivity index (χ0n) is 33.9. The molecule has 0 spiro atoms. The van der Waals surface area contributed by atoms with Crippen LogP contribution < -0.4 is 5.32 Å². The third-order valence-electron chi connectivity index (χ3n) is 10.1. The van der Waals surface area contributed by atoms with Crippen LogP contribution in [0.5, 0.6) is 0 Å². The van der Waals surface area contributed by atoms with E-state index in [4.69, 9.17) is 14.0 Å². The Morgan fingerprint density at radius 1 is 0.727 bits per heavy atom. The minimum Gasteiger partial charge on any atom is -0.394 e. The van der Waals surface area contributed by atoms with Crippen LogP contribution in [0.15, 0.2) is 24.3 Å². The molecule has 0 aromatic carbocycles. The van der Waals surface area contributed by atoms with Crippen molar-refractivity contribution in [3.63, 3.8) is 0 Å². The highest BCUT2D eigenvalue weighted by molar-refractivity contribution is 7.80. The molecule has 7 N–H and O–H groups in total. The van der Waals surface area contributed by atoms with Crippen LogP contribution in [0.25, 0.3) is 0 Å². The van der Waals surface area contributed by atoms with E-state index in [-0.39, 0.29) is 6.42 Å². The van der Waals surface area contributed by atoms with Crippen molar-refractivity contribution in [3.8, 4) is 0 Å². The number of carbonyl (C=O) groups excluding carboxylic acids is 1. The molecule has 14 heteroatoms. The van der Waals surface area contributed by atoms with Gasteiger partial charge in [-0.2, -0.15) is 8.42 Å². The number of hydrogen-bond donors (Lipinski definition) is 7. The number of amides is 1. The summed E-state index contributed by atoms with van der Waals surface area (Å²) in [5, 5.41) is 55.0. The molecule has 0 bridgehead atoms. The minimum atomic E-state index is -5.11. The SMILES string of the molecule is CCCCC/C=C\CCCCCCC(O)C(=O)NC(COC1OC(CO)C(O)C(OS(=O)(=O)O)C1O)C(O)/C=C/CCCCCCCCCCCCCCC. The molecule has 1 aliphatic rings. The average molecular weight is 808 g/mol. The minimum absolute atomic E-state index is 0.229. The van der Waals surface area contributed by atoms with E-state index >= 15 is 0 Å². The van der Waals surface area contributed by atoms with E-state index in [2.05, 4.69) is 35.5 Å². The molecular formula is C41H77NO12S. The Labute approximate surface area is 332 Å². The molecule has 1 saturated heterocycles. The number of hydrogen-bond acceptors (Lipinski definition) is 11. The summed E-state index contributed by atoms with van der Waals surface area (Å²) in [6.07, 6.45) is 22.7. The molecule has 0 aliphatic carbocycles. The molecule has 13 nitrogen and oxygen atoms in total. The first-order valence-corrected chi connectivity index (χ1v) is 22.7. The summed E-state index contributed by atoms with van der Waals surface area (Å²) in [5.41, 5.74) is 0. The summed E-state index contributed by atoms with van der Waals surface area (Å²) in [5.74, 6) is -0.714. The van der Waals surface area contributed by atoms with Crippen LogP contribution in [-0.2, 0) is 28.9 Å². The Hall–Kier alpha value is -1.46. The Bertz CT molecular complexity index is 1110. The van der Waals surface area contributed by atoms with Crippen LogP contribution in [-0.4, -0.2) is 107 Å². The van der Waals surface area contributed by atoms with Crippen LogP contribution in [0.4, 0.5) is 0 Å². The largest absolute Gasteiger partial charge is 0.397 e. The van der Waals surface area contributed by atoms with Crippen molar-refractivity contribution in [2.24, 2.45) is 0 Å². The van der Waals surface area contributed by atoms with Gasteiger partial charge in [-0.1, -0.05) is 147 Å². The van der Waals surface area contributed by atoms with Crippen molar-refractivity contribution in [2.75, 3.05) is 13.2 Å². The maximum atomic E-state index is 13.0. The van der Waals surface area contributed by atoms with E-state index < -0.39 is 78.5 Å². The van der Waals surface area contributed by atoms with Gasteiger partial charge >= 0.3 is 10.4 Å². The first-order valence-electron chi connectivity index (χ1n) is 21.3. The van der Waals surface area contributed by atoms with E-state index in [0.29, 0.717) is 12.8 Å². The van der Waals surface area contributed by atoms with E-state index in [9.17, 15) is 38.7 Å². The molecule has 1 aliphatic heterocycles. The molecule has 324 valence electrons. The zero-order chi connectivity index (χ0) is 40.7. The predicted octanol–water partition coefficient (Wildman–Crippen LogP) is 6.35. The number of unbranched alkanes of at least 4 members (excludes halogenated alkanes) is 20. The maximum Gasteiger partial charge on any atom is 0.397 e. The zero-order valence-corrected chi connectivity index (χ0v) is 34.7. The summed E-state index contributed by atoms with van der Waals surface area (Å²) in [6, 6.07) is -1.12. The molecule has 0 aromatic heterocycles. The Kier molecular flexibility index (Phi) is 30.5. The number of allylic oxidation sites excluding steroid dienone is 3. The molecule has 1 heterocycles. The van der Waals surface area contributed by atoms with Gasteiger partial charge in [-0.05, 0) is 44.9 Å². The van der Waals surface area contributed by atoms with Gasteiger partial charge in [-0.3, -0.25) is 9.35 Å². The molecule has 1 fully saturated rings. The number of nitrogens with one attached hydrogen (secondary N) is 1. The fourth-order valence-corrected chi connectivity index (χ4v) is 7.14. The predicted molar refractivity (Wildman–Crippen MR) is 215 cm³/mol. The molecule has 1 amide bonds. The summed E-state index contributed by atoms with van der Waals surface area (Å²) in [7, 11) is -5.11. The van der Waals surface area contributed by atoms with Gasteiger partial charge in [0, 0.05) is 0 Å². The van der Waals surface area contributed by atoms with Crippen molar-refractivity contribution in [3.05, 3.63) is 24.3 Å². The average Bonchev–Trinajstić information content (AvgIpc) is 3.15. The lowest BCUT2D eigenvalue weighted by Crippen LogP contribution is -2.61. The molecule has 1 rings (SSSR count). The third-order valence-corrected chi connectivity index (χ3v) is 10.5. The number of aliphatic hydroxyl groups is 5. The second-order valence-electron chi connectivity index (χ2n) is 15.1.